The van der Waals surface area contributed by atoms with Gasteiger partial charge in [-0.15, -0.1) is 0 Å². The molecular weight excluding hydrogens is 424 g/mol. The lowest BCUT2D eigenvalue weighted by Crippen LogP contribution is -2.29. The zero-order chi connectivity index (χ0) is 21.3. The fourth-order valence-corrected chi connectivity index (χ4v) is 5.10. The molecule has 0 unspecified atom stereocenters. The third-order valence-corrected chi connectivity index (χ3v) is 7.25. The minimum atomic E-state index is -4.99. The van der Waals surface area contributed by atoms with E-state index in [-0.39, 0.29) is 24.1 Å². The highest BCUT2D eigenvalue weighted by atomic mass is 32.2. The summed E-state index contributed by atoms with van der Waals surface area (Å²) in [4.78, 5) is 13.5. The first-order valence-electron chi connectivity index (χ1n) is 8.01. The molecule has 0 amide bonds. The fraction of sp³-hybridized carbons (Fsp3) is 0.400. The number of rotatable bonds is 7. The largest absolute Gasteiger partial charge is 0.417 e. The van der Waals surface area contributed by atoms with Crippen LogP contribution >= 0.6 is 7.60 Å². The lowest BCUT2D eigenvalue weighted by molar-refractivity contribution is -0.139. The molecule has 2 rings (SSSR count). The molecular formula is C15H18F3N2O6PS. The maximum absolute atomic E-state index is 13.3. The zero-order valence-corrected chi connectivity index (χ0v) is 16.8. The summed E-state index contributed by atoms with van der Waals surface area (Å²) in [5, 5.41) is -0.521. The van der Waals surface area contributed by atoms with Crippen LogP contribution in [0.4, 0.5) is 13.2 Å². The Kier molecular flexibility index (Phi) is 6.41. The molecule has 0 saturated carbocycles. The molecule has 0 fully saturated rings. The monoisotopic (exact) mass is 442 g/mol. The molecule has 0 aliphatic carbocycles. The van der Waals surface area contributed by atoms with Crippen LogP contribution in [0.2, 0.25) is 0 Å². The molecule has 0 aliphatic heterocycles. The third-order valence-electron chi connectivity index (χ3n) is 3.68. The Morgan fingerprint density at radius 1 is 1.14 bits per heavy atom. The molecule has 1 aromatic carbocycles. The van der Waals surface area contributed by atoms with E-state index in [1.165, 1.54) is 13.8 Å². The van der Waals surface area contributed by atoms with Crippen molar-refractivity contribution >= 4 is 33.8 Å². The van der Waals surface area contributed by atoms with Crippen LogP contribution < -0.4 is 15.6 Å². The first kappa shape index (κ1) is 22.6. The van der Waals surface area contributed by atoms with Gasteiger partial charge >= 0.3 is 13.8 Å². The number of nitrogens with one attached hydrogen (secondary N) is 2. The average Bonchev–Trinajstić information content (AvgIpc) is 2.59. The van der Waals surface area contributed by atoms with E-state index in [1.54, 1.807) is 0 Å². The van der Waals surface area contributed by atoms with E-state index in [0.717, 1.165) is 19.2 Å². The van der Waals surface area contributed by atoms with Crippen LogP contribution in [0.25, 0.3) is 10.9 Å². The molecule has 28 heavy (non-hydrogen) atoms. The Balaban J connectivity index is 2.89. The molecule has 1 heterocycles. The smallest absolute Gasteiger partial charge is 0.321 e. The van der Waals surface area contributed by atoms with Gasteiger partial charge in [0.25, 0.3) is 5.56 Å². The molecule has 0 saturated heterocycles. The van der Waals surface area contributed by atoms with Gasteiger partial charge in [-0.25, -0.2) is 13.1 Å². The zero-order valence-electron chi connectivity index (χ0n) is 15.1. The molecule has 0 radical (unpaired) electrons. The summed E-state index contributed by atoms with van der Waals surface area (Å²) in [5.74, 6) is 0. The van der Waals surface area contributed by atoms with Crippen molar-refractivity contribution in [3.8, 4) is 0 Å². The van der Waals surface area contributed by atoms with E-state index >= 15 is 0 Å². The number of sulfonamides is 1. The fourth-order valence-electron chi connectivity index (χ4n) is 2.50. The minimum Gasteiger partial charge on any atom is -0.321 e. The van der Waals surface area contributed by atoms with Crippen LogP contribution in [0.5, 0.6) is 0 Å². The van der Waals surface area contributed by atoms with Gasteiger partial charge in [-0.2, -0.15) is 13.2 Å². The second-order valence-corrected chi connectivity index (χ2v) is 9.31. The maximum atomic E-state index is 13.3. The predicted molar refractivity (Wildman–Crippen MR) is 96.3 cm³/mol. The first-order chi connectivity index (χ1) is 12.9. The van der Waals surface area contributed by atoms with Gasteiger partial charge in [0.05, 0.1) is 23.7 Å². The Hall–Kier alpha value is -1.72. The van der Waals surface area contributed by atoms with Crippen molar-refractivity contribution in [2.75, 3.05) is 20.3 Å². The van der Waals surface area contributed by atoms with E-state index < -0.39 is 45.1 Å². The number of hydrogen-bond donors (Lipinski definition) is 2. The highest BCUT2D eigenvalue weighted by Gasteiger charge is 2.38. The van der Waals surface area contributed by atoms with E-state index in [9.17, 15) is 30.9 Å². The predicted octanol–water partition coefficient (Wildman–Crippen LogP) is 2.35. The van der Waals surface area contributed by atoms with Crippen LogP contribution in [-0.4, -0.2) is 33.7 Å². The number of aromatic nitrogens is 1. The summed E-state index contributed by atoms with van der Waals surface area (Å²) in [6, 6.07) is 2.26. The van der Waals surface area contributed by atoms with Crippen LogP contribution in [0.15, 0.2) is 27.9 Å². The standard InChI is InChI=1S/C15H18F3N2O6PS/c1-4-25-27(22,26-5-2)12-6-9-7-13(28(23,24)19-3)10(15(16,17)18)8-11(9)20-14(12)21/h6-8,19H,4-5H2,1-3H3,(H,20,21). The minimum absolute atomic E-state index is 0.0544. The van der Waals surface area contributed by atoms with Crippen molar-refractivity contribution in [2.24, 2.45) is 0 Å². The van der Waals surface area contributed by atoms with E-state index in [4.69, 9.17) is 9.05 Å². The van der Waals surface area contributed by atoms with Crippen molar-refractivity contribution in [2.45, 2.75) is 24.9 Å². The summed E-state index contributed by atoms with van der Waals surface area (Å²) in [6.07, 6.45) is -4.99. The number of H-pyrrole nitrogens is 1. The maximum Gasteiger partial charge on any atom is 0.417 e. The van der Waals surface area contributed by atoms with Crippen molar-refractivity contribution in [1.82, 2.24) is 9.71 Å². The molecule has 0 bridgehead atoms. The Labute approximate surface area is 158 Å². The molecule has 8 nitrogen and oxygen atoms in total. The average molecular weight is 442 g/mol. The number of halogens is 3. The van der Waals surface area contributed by atoms with Gasteiger partial charge < -0.3 is 14.0 Å². The van der Waals surface area contributed by atoms with Gasteiger partial charge in [0, 0.05) is 10.9 Å². The quantitative estimate of drug-likeness (QED) is 0.637. The normalized spacial score (nSPS) is 13.2. The van der Waals surface area contributed by atoms with Gasteiger partial charge in [-0.1, -0.05) is 0 Å². The SMILES string of the molecule is CCOP(=O)(OCC)c1cc2cc(S(=O)(=O)NC)c(C(F)(F)F)cc2[nH]c1=O. The highest BCUT2D eigenvalue weighted by molar-refractivity contribution is 7.89. The molecule has 2 N–H and O–H groups in total. The highest BCUT2D eigenvalue weighted by Crippen LogP contribution is 2.46. The topological polar surface area (TPSA) is 115 Å². The third kappa shape index (κ3) is 4.31. The second-order valence-electron chi connectivity index (χ2n) is 5.46. The van der Waals surface area contributed by atoms with Crippen LogP contribution in [-0.2, 0) is 29.8 Å². The van der Waals surface area contributed by atoms with Crippen molar-refractivity contribution in [3.05, 3.63) is 34.1 Å². The first-order valence-corrected chi connectivity index (χ1v) is 11.0. The number of fused-ring (bicyclic) bond motifs is 1. The van der Waals surface area contributed by atoms with Crippen molar-refractivity contribution in [3.63, 3.8) is 0 Å². The van der Waals surface area contributed by atoms with Crippen molar-refractivity contribution in [1.29, 1.82) is 0 Å². The van der Waals surface area contributed by atoms with Gasteiger partial charge in [0.1, 0.15) is 5.30 Å². The van der Waals surface area contributed by atoms with Crippen LogP contribution in [0, 0.1) is 0 Å². The molecule has 13 heteroatoms. The summed E-state index contributed by atoms with van der Waals surface area (Å²) in [5.41, 5.74) is -2.69. The van der Waals surface area contributed by atoms with Crippen molar-refractivity contribution < 1.29 is 35.2 Å². The van der Waals surface area contributed by atoms with E-state index in [0.29, 0.717) is 6.07 Å². The number of hydrogen-bond acceptors (Lipinski definition) is 6. The van der Waals surface area contributed by atoms with E-state index in [1.807, 2.05) is 4.72 Å². The number of pyridine rings is 1. The molecule has 2 aromatic rings. The van der Waals surface area contributed by atoms with Gasteiger partial charge in [0.15, 0.2) is 0 Å². The number of aromatic amines is 1. The molecule has 1 aromatic heterocycles. The summed E-state index contributed by atoms with van der Waals surface area (Å²) in [6.45, 7) is 2.94. The number of alkyl halides is 3. The Morgan fingerprint density at radius 3 is 2.18 bits per heavy atom. The molecule has 156 valence electrons. The second kappa shape index (κ2) is 7.96. The molecule has 0 atom stereocenters. The molecule has 0 spiro atoms. The van der Waals surface area contributed by atoms with Gasteiger partial charge in [0.2, 0.25) is 10.0 Å². The number of benzene rings is 1. The lowest BCUT2D eigenvalue weighted by atomic mass is 10.1. The Morgan fingerprint density at radius 2 is 1.71 bits per heavy atom. The lowest BCUT2D eigenvalue weighted by Gasteiger charge is -2.18. The summed E-state index contributed by atoms with van der Waals surface area (Å²) in [7, 11) is -7.56. The van der Waals surface area contributed by atoms with Crippen LogP contribution in [0.1, 0.15) is 19.4 Å². The summed E-state index contributed by atoms with van der Waals surface area (Å²) < 4.78 is 89.1. The van der Waals surface area contributed by atoms with Gasteiger partial charge in [-0.05, 0) is 39.1 Å². The van der Waals surface area contributed by atoms with Gasteiger partial charge in [-0.3, -0.25) is 9.36 Å². The molecule has 0 aliphatic rings. The summed E-state index contributed by atoms with van der Waals surface area (Å²) >= 11 is 0. The van der Waals surface area contributed by atoms with Crippen LogP contribution in [0.3, 0.4) is 0 Å². The Bertz CT molecular complexity index is 1090. The van der Waals surface area contributed by atoms with E-state index in [2.05, 4.69) is 4.98 Å².